The predicted molar refractivity (Wildman–Crippen MR) is 62.9 cm³/mol. The molecule has 0 saturated heterocycles. The Balaban J connectivity index is 0. The Morgan fingerprint density at radius 1 is 1.15 bits per heavy atom. The topological polar surface area (TPSA) is 20.3 Å². The molecule has 0 aliphatic heterocycles. The number of hydrogen-bond donors (Lipinski definition) is 0. The van der Waals surface area contributed by atoms with Crippen LogP contribution in [-0.4, -0.2) is 52.6 Å². The van der Waals surface area contributed by atoms with E-state index in [2.05, 4.69) is 18.2 Å². The van der Waals surface area contributed by atoms with E-state index in [4.69, 9.17) is 0 Å². The Labute approximate surface area is 108 Å². The molecule has 74 valence electrons. The van der Waals surface area contributed by atoms with Crippen molar-refractivity contribution in [3.63, 3.8) is 0 Å². The van der Waals surface area contributed by atoms with Crippen LogP contribution in [0.3, 0.4) is 0 Å². The number of carbonyl (C=O) groups is 1. The predicted octanol–water partition coefficient (Wildman–Crippen LogP) is 2.08. The summed E-state index contributed by atoms with van der Waals surface area (Å²) < 4.78 is 2.15. The van der Waals surface area contributed by atoms with Gasteiger partial charge in [0.15, 0.2) is 5.62 Å². The molecule has 0 aromatic heterocycles. The number of rotatable bonds is 8. The van der Waals surface area contributed by atoms with Crippen molar-refractivity contribution < 1.29 is 4.79 Å². The van der Waals surface area contributed by atoms with E-state index < -0.39 is 0 Å². The first-order valence-electron chi connectivity index (χ1n) is 4.70. The molecule has 0 aromatic carbocycles. The van der Waals surface area contributed by atoms with Gasteiger partial charge in [-0.1, -0.05) is 26.7 Å². The van der Waals surface area contributed by atoms with Crippen molar-refractivity contribution in [2.75, 3.05) is 13.1 Å². The Hall–Kier alpha value is 0.980. The van der Waals surface area contributed by atoms with Gasteiger partial charge in [-0.3, -0.25) is 4.79 Å². The summed E-state index contributed by atoms with van der Waals surface area (Å²) >= 11 is 1.31. The van der Waals surface area contributed by atoms with Crippen LogP contribution >= 0.6 is 11.9 Å². The summed E-state index contributed by atoms with van der Waals surface area (Å²) in [4.78, 5) is 10.3. The standard InChI is InChI=1S/C9H19NOS.Na.H/c1-3-5-7-10(12-9-11)8-6-4-2;;/h9H,3-8H2,1-2H3;;. The van der Waals surface area contributed by atoms with Crippen molar-refractivity contribution in [1.29, 1.82) is 0 Å². The van der Waals surface area contributed by atoms with Gasteiger partial charge in [-0.25, -0.2) is 4.31 Å². The van der Waals surface area contributed by atoms with Gasteiger partial charge >= 0.3 is 29.6 Å². The zero-order valence-corrected chi connectivity index (χ0v) is 8.90. The third kappa shape index (κ3) is 10.9. The molecule has 0 aliphatic carbocycles. The molecule has 4 heteroatoms. The van der Waals surface area contributed by atoms with Crippen molar-refractivity contribution in [3.05, 3.63) is 0 Å². The monoisotopic (exact) mass is 213 g/mol. The number of hydrogen-bond acceptors (Lipinski definition) is 3. The quantitative estimate of drug-likeness (QED) is 0.350. The van der Waals surface area contributed by atoms with E-state index in [9.17, 15) is 4.79 Å². The second kappa shape index (κ2) is 13.0. The maximum atomic E-state index is 10.3. The van der Waals surface area contributed by atoms with E-state index in [0.29, 0.717) is 0 Å². The molecular formula is C9H20NNaOS. The fourth-order valence-corrected chi connectivity index (χ4v) is 1.54. The van der Waals surface area contributed by atoms with Crippen LogP contribution in [0.1, 0.15) is 39.5 Å². The minimum atomic E-state index is 0. The molecule has 0 aliphatic rings. The molecular weight excluding hydrogens is 193 g/mol. The first-order chi connectivity index (χ1) is 5.85. The molecule has 0 aromatic rings. The van der Waals surface area contributed by atoms with E-state index in [1.54, 1.807) is 0 Å². The van der Waals surface area contributed by atoms with Gasteiger partial charge in [0.2, 0.25) is 0 Å². The summed E-state index contributed by atoms with van der Waals surface area (Å²) in [6, 6.07) is 0. The summed E-state index contributed by atoms with van der Waals surface area (Å²) in [5.74, 6) is 0. The first kappa shape index (κ1) is 16.4. The molecule has 0 spiro atoms. The van der Waals surface area contributed by atoms with E-state index in [0.717, 1.165) is 18.7 Å². The van der Waals surface area contributed by atoms with Gasteiger partial charge in [0.05, 0.1) is 0 Å². The molecule has 0 saturated carbocycles. The van der Waals surface area contributed by atoms with Crippen LogP contribution in [0.2, 0.25) is 0 Å². The van der Waals surface area contributed by atoms with Crippen molar-refractivity contribution >= 4 is 47.1 Å². The fourth-order valence-electron chi connectivity index (χ4n) is 0.947. The van der Waals surface area contributed by atoms with Gasteiger partial charge in [-0.05, 0) is 24.8 Å². The van der Waals surface area contributed by atoms with E-state index >= 15 is 0 Å². The van der Waals surface area contributed by atoms with Crippen LogP contribution in [0.25, 0.3) is 0 Å². The van der Waals surface area contributed by atoms with Crippen molar-refractivity contribution in [1.82, 2.24) is 4.31 Å². The van der Waals surface area contributed by atoms with Crippen molar-refractivity contribution in [2.45, 2.75) is 39.5 Å². The Kier molecular flexibility index (Phi) is 16.4. The Bertz CT molecular complexity index is 106. The molecule has 0 bridgehead atoms. The average Bonchev–Trinajstić information content (AvgIpc) is 2.10. The number of unbranched alkanes of at least 4 members (excludes halogenated alkanes) is 2. The van der Waals surface area contributed by atoms with Gasteiger partial charge < -0.3 is 0 Å². The third-order valence-electron chi connectivity index (χ3n) is 1.71. The minimum absolute atomic E-state index is 0. The molecule has 0 rings (SSSR count). The fraction of sp³-hybridized carbons (Fsp3) is 0.889. The second-order valence-corrected chi connectivity index (χ2v) is 3.76. The summed E-state index contributed by atoms with van der Waals surface area (Å²) in [7, 11) is 0. The SMILES string of the molecule is CCCCN(CCCC)SC=O.[NaH]. The van der Waals surface area contributed by atoms with Crippen LogP contribution in [-0.2, 0) is 4.79 Å². The van der Waals surface area contributed by atoms with E-state index in [-0.39, 0.29) is 29.6 Å². The van der Waals surface area contributed by atoms with Gasteiger partial charge in [0.1, 0.15) is 0 Å². The van der Waals surface area contributed by atoms with Crippen LogP contribution in [0.4, 0.5) is 0 Å². The van der Waals surface area contributed by atoms with Gasteiger partial charge in [0, 0.05) is 13.1 Å². The molecule has 0 fully saturated rings. The molecule has 0 atom stereocenters. The summed E-state index contributed by atoms with van der Waals surface area (Å²) in [5, 5.41) is 0. The van der Waals surface area contributed by atoms with Crippen LogP contribution < -0.4 is 0 Å². The Morgan fingerprint density at radius 3 is 1.92 bits per heavy atom. The molecule has 0 N–H and O–H groups in total. The van der Waals surface area contributed by atoms with Gasteiger partial charge in [0.25, 0.3) is 0 Å². The molecule has 2 nitrogen and oxygen atoms in total. The second-order valence-electron chi connectivity index (χ2n) is 2.84. The summed E-state index contributed by atoms with van der Waals surface area (Å²) in [6.45, 7) is 6.42. The first-order valence-corrected chi connectivity index (χ1v) is 5.54. The van der Waals surface area contributed by atoms with Crippen LogP contribution in [0, 0.1) is 0 Å². The molecule has 0 heterocycles. The molecule has 13 heavy (non-hydrogen) atoms. The average molecular weight is 213 g/mol. The summed E-state index contributed by atoms with van der Waals surface area (Å²) in [5.41, 5.74) is 0.922. The van der Waals surface area contributed by atoms with Crippen LogP contribution in [0.5, 0.6) is 0 Å². The van der Waals surface area contributed by atoms with Crippen molar-refractivity contribution in [2.24, 2.45) is 0 Å². The number of carbonyl (C=O) groups excluding carboxylic acids is 1. The zero-order chi connectivity index (χ0) is 9.23. The third-order valence-corrected chi connectivity index (χ3v) is 2.46. The molecule has 0 amide bonds. The zero-order valence-electron chi connectivity index (χ0n) is 8.08. The van der Waals surface area contributed by atoms with Gasteiger partial charge in [-0.2, -0.15) is 0 Å². The molecule has 0 unspecified atom stereocenters. The van der Waals surface area contributed by atoms with Crippen molar-refractivity contribution in [3.8, 4) is 0 Å². The number of nitrogens with zero attached hydrogens (tertiary/aromatic N) is 1. The van der Waals surface area contributed by atoms with E-state index in [1.807, 2.05) is 0 Å². The normalized spacial score (nSPS) is 9.77. The van der Waals surface area contributed by atoms with Crippen LogP contribution in [0.15, 0.2) is 0 Å². The maximum absolute atomic E-state index is 10.3. The molecule has 0 radical (unpaired) electrons. The van der Waals surface area contributed by atoms with E-state index in [1.165, 1.54) is 37.6 Å². The van der Waals surface area contributed by atoms with Gasteiger partial charge in [-0.15, -0.1) is 0 Å². The Morgan fingerprint density at radius 2 is 1.62 bits per heavy atom. The summed E-state index contributed by atoms with van der Waals surface area (Å²) in [6.07, 6.45) is 4.76.